The summed E-state index contributed by atoms with van der Waals surface area (Å²) in [6.45, 7) is 2.00. The molecule has 33 heavy (non-hydrogen) atoms. The molecule has 0 saturated heterocycles. The highest BCUT2D eigenvalue weighted by Gasteiger charge is 2.31. The summed E-state index contributed by atoms with van der Waals surface area (Å²) < 4.78 is 5.04. The SMILES string of the molecule is Cc1ccc(/C=C2/N=C(SC/C([O-])=N\c3c[n+](N(C)C)no3)N(c3ccccc3)C2=O)cc1. The summed E-state index contributed by atoms with van der Waals surface area (Å²) in [5.41, 5.74) is 2.98. The van der Waals surface area contributed by atoms with Gasteiger partial charge in [-0.2, -0.15) is 5.01 Å². The minimum atomic E-state index is -0.429. The molecule has 3 aromatic rings. The zero-order valence-electron chi connectivity index (χ0n) is 18.4. The fraction of sp³-hybridized carbons (Fsp3) is 0.174. The molecule has 0 spiro atoms. The van der Waals surface area contributed by atoms with Crippen LogP contribution in [0.15, 0.2) is 81.0 Å². The van der Waals surface area contributed by atoms with Gasteiger partial charge in [0, 0.05) is 5.75 Å². The molecular weight excluding hydrogens is 440 g/mol. The number of aliphatic imine (C=N–C) groups is 2. The lowest BCUT2D eigenvalue weighted by atomic mass is 10.1. The molecule has 4 rings (SSSR count). The predicted molar refractivity (Wildman–Crippen MR) is 127 cm³/mol. The Morgan fingerprint density at radius 1 is 1.21 bits per heavy atom. The summed E-state index contributed by atoms with van der Waals surface area (Å²) in [5.74, 6) is -0.605. The highest BCUT2D eigenvalue weighted by atomic mass is 32.2. The van der Waals surface area contributed by atoms with Crippen molar-refractivity contribution in [2.45, 2.75) is 6.92 Å². The number of benzene rings is 2. The van der Waals surface area contributed by atoms with Gasteiger partial charge in [-0.1, -0.05) is 59.8 Å². The summed E-state index contributed by atoms with van der Waals surface area (Å²) in [5, 5.41) is 18.2. The van der Waals surface area contributed by atoms with Crippen LogP contribution in [0.25, 0.3) is 6.08 Å². The number of carbonyl (C=O) groups is 1. The van der Waals surface area contributed by atoms with Gasteiger partial charge in [0.1, 0.15) is 5.70 Å². The molecule has 1 aliphatic heterocycles. The van der Waals surface area contributed by atoms with Crippen molar-refractivity contribution in [1.29, 1.82) is 0 Å². The summed E-state index contributed by atoms with van der Waals surface area (Å²) in [6.07, 6.45) is 3.24. The molecular formula is C23H22N6O3S. The van der Waals surface area contributed by atoms with Crippen molar-refractivity contribution in [3.05, 3.63) is 77.6 Å². The number of aryl methyl sites for hydroxylation is 1. The second-order valence-electron chi connectivity index (χ2n) is 7.41. The van der Waals surface area contributed by atoms with Crippen LogP contribution in [0.3, 0.4) is 0 Å². The van der Waals surface area contributed by atoms with Gasteiger partial charge in [-0.05, 0) is 36.6 Å². The smallest absolute Gasteiger partial charge is 0.324 e. The van der Waals surface area contributed by atoms with E-state index in [4.69, 9.17) is 4.52 Å². The van der Waals surface area contributed by atoms with E-state index in [2.05, 4.69) is 15.3 Å². The van der Waals surface area contributed by atoms with Crippen LogP contribution in [-0.2, 0) is 4.79 Å². The zero-order valence-corrected chi connectivity index (χ0v) is 19.2. The summed E-state index contributed by atoms with van der Waals surface area (Å²) >= 11 is 1.14. The number of amidine groups is 1. The molecule has 0 fully saturated rings. The molecule has 0 bridgehead atoms. The maximum absolute atomic E-state index is 13.2. The minimum absolute atomic E-state index is 0.0179. The van der Waals surface area contributed by atoms with E-state index >= 15 is 0 Å². The molecule has 0 N–H and O–H groups in total. The Kier molecular flexibility index (Phi) is 6.55. The molecule has 0 radical (unpaired) electrons. The second-order valence-corrected chi connectivity index (χ2v) is 8.36. The Bertz CT molecular complexity index is 1230. The van der Waals surface area contributed by atoms with E-state index in [0.717, 1.165) is 22.9 Å². The standard InChI is InChI=1S/C23H22N6O3S/c1-16-9-11-17(12-10-16)13-19-22(31)29(18-7-5-4-6-8-18)23(24-19)33-15-20(30)25-21-14-28(26-32-21)27(2)3/h4-14H,15H2,1-3H3/b19-13+. The molecule has 0 atom stereocenters. The fourth-order valence-corrected chi connectivity index (χ4v) is 3.76. The van der Waals surface area contributed by atoms with Gasteiger partial charge in [0.05, 0.1) is 24.6 Å². The van der Waals surface area contributed by atoms with Crippen molar-refractivity contribution in [2.24, 2.45) is 9.98 Å². The number of anilines is 1. The molecule has 0 aliphatic carbocycles. The van der Waals surface area contributed by atoms with Crippen molar-refractivity contribution in [3.8, 4) is 0 Å². The van der Waals surface area contributed by atoms with E-state index in [1.165, 1.54) is 15.9 Å². The number of carbonyl (C=O) groups excluding carboxylic acids is 1. The van der Waals surface area contributed by atoms with Gasteiger partial charge in [-0.25, -0.2) is 9.98 Å². The van der Waals surface area contributed by atoms with Gasteiger partial charge in [0.25, 0.3) is 12.1 Å². The normalized spacial score (nSPS) is 15.3. The average Bonchev–Trinajstić information content (AvgIpc) is 3.39. The summed E-state index contributed by atoms with van der Waals surface area (Å²) in [6, 6.07) is 17.0. The first kappa shape index (κ1) is 22.3. The number of para-hydroxylation sites is 1. The number of hydrogen-bond acceptors (Lipinski definition) is 8. The van der Waals surface area contributed by atoms with Crippen LogP contribution in [0.1, 0.15) is 11.1 Å². The quantitative estimate of drug-likeness (QED) is 0.240. The third-order valence-corrected chi connectivity index (χ3v) is 5.56. The molecule has 1 aromatic heterocycles. The monoisotopic (exact) mass is 462 g/mol. The van der Waals surface area contributed by atoms with Crippen LogP contribution in [-0.4, -0.2) is 42.1 Å². The Hall–Kier alpha value is -3.92. The first-order valence-electron chi connectivity index (χ1n) is 10.1. The Morgan fingerprint density at radius 2 is 1.94 bits per heavy atom. The Labute approximate surface area is 195 Å². The summed E-state index contributed by atoms with van der Waals surface area (Å²) in [4.78, 5) is 24.6. The van der Waals surface area contributed by atoms with E-state index < -0.39 is 5.90 Å². The zero-order chi connectivity index (χ0) is 23.4. The number of rotatable bonds is 6. The van der Waals surface area contributed by atoms with Crippen LogP contribution in [0.2, 0.25) is 0 Å². The Morgan fingerprint density at radius 3 is 2.61 bits per heavy atom. The van der Waals surface area contributed by atoms with Crippen molar-refractivity contribution in [1.82, 2.24) is 5.27 Å². The van der Waals surface area contributed by atoms with Gasteiger partial charge < -0.3 is 5.11 Å². The van der Waals surface area contributed by atoms with Gasteiger partial charge in [-0.15, -0.1) is 0 Å². The van der Waals surface area contributed by atoms with Gasteiger partial charge in [0.2, 0.25) is 5.27 Å². The van der Waals surface area contributed by atoms with Crippen molar-refractivity contribution in [2.75, 3.05) is 29.8 Å². The lowest BCUT2D eigenvalue weighted by Crippen LogP contribution is -2.53. The van der Waals surface area contributed by atoms with Crippen molar-refractivity contribution in [3.63, 3.8) is 0 Å². The molecule has 0 unspecified atom stereocenters. The van der Waals surface area contributed by atoms with Crippen molar-refractivity contribution >= 4 is 46.4 Å². The number of hydrogen-bond donors (Lipinski definition) is 0. The number of amides is 1. The van der Waals surface area contributed by atoms with Crippen molar-refractivity contribution < 1.29 is 19.2 Å². The molecule has 10 heteroatoms. The minimum Gasteiger partial charge on any atom is -0.861 e. The lowest BCUT2D eigenvalue weighted by molar-refractivity contribution is -0.753. The first-order valence-corrected chi connectivity index (χ1v) is 11.1. The number of thioether (sulfide) groups is 1. The van der Waals surface area contributed by atoms with Gasteiger partial charge >= 0.3 is 5.88 Å². The Balaban J connectivity index is 1.57. The topological polar surface area (TPSA) is 101 Å². The molecule has 0 saturated carbocycles. The van der Waals surface area contributed by atoms with E-state index in [1.807, 2.05) is 61.5 Å². The predicted octanol–water partition coefficient (Wildman–Crippen LogP) is 2.04. The molecule has 1 aliphatic rings. The third-order valence-electron chi connectivity index (χ3n) is 4.64. The third kappa shape index (κ3) is 5.29. The number of aromatic nitrogens is 2. The highest BCUT2D eigenvalue weighted by molar-refractivity contribution is 8.14. The maximum atomic E-state index is 13.2. The van der Waals surface area contributed by atoms with E-state index in [9.17, 15) is 9.90 Å². The molecule has 2 aromatic carbocycles. The van der Waals surface area contributed by atoms with Crippen LogP contribution >= 0.6 is 11.8 Å². The molecule has 168 valence electrons. The number of nitrogens with zero attached hydrogens (tertiary/aromatic N) is 6. The lowest BCUT2D eigenvalue weighted by Gasteiger charge is -2.18. The van der Waals surface area contributed by atoms with Gasteiger partial charge in [-0.3, -0.25) is 14.2 Å². The van der Waals surface area contributed by atoms with Crippen LogP contribution in [0.4, 0.5) is 11.6 Å². The first-order chi connectivity index (χ1) is 15.9. The van der Waals surface area contributed by atoms with Crippen LogP contribution < -0.4 is 19.8 Å². The van der Waals surface area contributed by atoms with Gasteiger partial charge in [0.15, 0.2) is 5.17 Å². The summed E-state index contributed by atoms with van der Waals surface area (Å²) in [7, 11) is 3.55. The molecule has 1 amide bonds. The maximum Gasteiger partial charge on any atom is 0.324 e. The average molecular weight is 463 g/mol. The highest BCUT2D eigenvalue weighted by Crippen LogP contribution is 2.29. The van der Waals surface area contributed by atoms with Crippen LogP contribution in [0, 0.1) is 6.92 Å². The van der Waals surface area contributed by atoms with E-state index in [0.29, 0.717) is 16.6 Å². The second kappa shape index (κ2) is 9.70. The largest absolute Gasteiger partial charge is 0.861 e. The van der Waals surface area contributed by atoms with E-state index in [1.54, 1.807) is 25.2 Å². The van der Waals surface area contributed by atoms with Crippen LogP contribution in [0.5, 0.6) is 0 Å². The molecule has 2 heterocycles. The molecule has 9 nitrogen and oxygen atoms in total. The van der Waals surface area contributed by atoms with E-state index in [-0.39, 0.29) is 17.5 Å². The fourth-order valence-electron chi connectivity index (χ4n) is 2.97.